The van der Waals surface area contributed by atoms with E-state index in [1.165, 1.54) is 5.56 Å². The molecule has 2 heteroatoms. The van der Waals surface area contributed by atoms with Crippen LogP contribution in [0.25, 0.3) is 0 Å². The predicted molar refractivity (Wildman–Crippen MR) is 108 cm³/mol. The van der Waals surface area contributed by atoms with Gasteiger partial charge in [-0.25, -0.2) is 0 Å². The Morgan fingerprint density at radius 1 is 0.708 bits per heavy atom. The summed E-state index contributed by atoms with van der Waals surface area (Å²) in [6.07, 6.45) is 0.976. The van der Waals surface area contributed by atoms with Crippen LogP contribution in [-0.2, 0) is 5.54 Å². The summed E-state index contributed by atoms with van der Waals surface area (Å²) in [6.45, 7) is 2.21. The van der Waals surface area contributed by atoms with Crippen LogP contribution < -0.4 is 5.73 Å². The summed E-state index contributed by atoms with van der Waals surface area (Å²) in [5.41, 5.74) is 10.2. The highest BCUT2D eigenvalue weighted by atomic mass is 79.9. The van der Waals surface area contributed by atoms with Crippen molar-refractivity contribution < 1.29 is 0 Å². The zero-order valence-electron chi connectivity index (χ0n) is 13.9. The summed E-state index contributed by atoms with van der Waals surface area (Å²) < 4.78 is 0. The molecular weight excluding hydrogens is 358 g/mol. The minimum atomic E-state index is -0.543. The first-order valence-electron chi connectivity index (χ1n) is 8.21. The van der Waals surface area contributed by atoms with E-state index in [9.17, 15) is 0 Å². The third-order valence-corrected chi connectivity index (χ3v) is 4.66. The molecule has 0 spiro atoms. The van der Waals surface area contributed by atoms with Gasteiger partial charge in [0.1, 0.15) is 0 Å². The molecule has 0 aliphatic carbocycles. The molecule has 0 radical (unpaired) electrons. The molecule has 1 atom stereocenters. The highest BCUT2D eigenvalue weighted by molar-refractivity contribution is 8.93. The molecule has 0 saturated carbocycles. The van der Waals surface area contributed by atoms with Crippen molar-refractivity contribution in [3.05, 3.63) is 108 Å². The van der Waals surface area contributed by atoms with Crippen LogP contribution in [-0.4, -0.2) is 0 Å². The van der Waals surface area contributed by atoms with Gasteiger partial charge >= 0.3 is 0 Å². The fourth-order valence-corrected chi connectivity index (χ4v) is 3.50. The van der Waals surface area contributed by atoms with Crippen molar-refractivity contribution in [1.29, 1.82) is 0 Å². The van der Waals surface area contributed by atoms with Crippen molar-refractivity contribution in [2.24, 2.45) is 5.73 Å². The van der Waals surface area contributed by atoms with Crippen molar-refractivity contribution in [2.75, 3.05) is 0 Å². The second-order valence-electron chi connectivity index (χ2n) is 5.97. The van der Waals surface area contributed by atoms with Crippen LogP contribution in [0.3, 0.4) is 0 Å². The van der Waals surface area contributed by atoms with Crippen molar-refractivity contribution in [2.45, 2.75) is 24.8 Å². The molecule has 0 aromatic heterocycles. The molecule has 0 aliphatic heterocycles. The minimum Gasteiger partial charge on any atom is -0.317 e. The largest absolute Gasteiger partial charge is 0.317 e. The number of benzene rings is 3. The van der Waals surface area contributed by atoms with Gasteiger partial charge in [-0.05, 0) is 23.1 Å². The number of hydrogen-bond acceptors (Lipinski definition) is 1. The third kappa shape index (κ3) is 3.45. The smallest absolute Gasteiger partial charge is 0.0735 e. The van der Waals surface area contributed by atoms with E-state index >= 15 is 0 Å². The molecule has 2 N–H and O–H groups in total. The summed E-state index contributed by atoms with van der Waals surface area (Å²) in [5, 5.41) is 0. The molecule has 0 saturated heterocycles. The van der Waals surface area contributed by atoms with Crippen LogP contribution in [0.1, 0.15) is 36.0 Å². The van der Waals surface area contributed by atoms with E-state index in [2.05, 4.69) is 85.8 Å². The van der Waals surface area contributed by atoms with Gasteiger partial charge in [0.05, 0.1) is 5.54 Å². The first-order valence-corrected chi connectivity index (χ1v) is 8.21. The van der Waals surface area contributed by atoms with Gasteiger partial charge in [0, 0.05) is 5.92 Å². The molecule has 3 rings (SSSR count). The minimum absolute atomic E-state index is 0. The fraction of sp³-hybridized carbons (Fsp3) is 0.182. The lowest BCUT2D eigenvalue weighted by molar-refractivity contribution is 0.412. The van der Waals surface area contributed by atoms with Gasteiger partial charge in [0.2, 0.25) is 0 Å². The summed E-state index contributed by atoms with van der Waals surface area (Å²) in [6, 6.07) is 31.5. The Balaban J connectivity index is 0.00000208. The first-order chi connectivity index (χ1) is 11.3. The molecule has 124 valence electrons. The number of halogens is 1. The van der Waals surface area contributed by atoms with E-state index < -0.39 is 5.54 Å². The quantitative estimate of drug-likeness (QED) is 0.605. The summed E-state index contributed by atoms with van der Waals surface area (Å²) in [4.78, 5) is 0. The van der Waals surface area contributed by atoms with Crippen LogP contribution in [0.15, 0.2) is 91.0 Å². The topological polar surface area (TPSA) is 26.0 Å². The van der Waals surface area contributed by atoms with Gasteiger partial charge in [0.25, 0.3) is 0 Å². The number of hydrogen-bond donors (Lipinski definition) is 1. The predicted octanol–water partition coefficient (Wildman–Crippen LogP) is 5.66. The van der Waals surface area contributed by atoms with Gasteiger partial charge < -0.3 is 5.73 Å². The Labute approximate surface area is 155 Å². The maximum Gasteiger partial charge on any atom is 0.0735 e. The van der Waals surface area contributed by atoms with E-state index in [-0.39, 0.29) is 22.9 Å². The molecule has 1 nitrogen and oxygen atoms in total. The Hall–Kier alpha value is -1.90. The number of nitrogens with two attached hydrogens (primary N) is 1. The summed E-state index contributed by atoms with van der Waals surface area (Å²) in [7, 11) is 0. The lowest BCUT2D eigenvalue weighted by Crippen LogP contribution is -2.43. The first kappa shape index (κ1) is 18.4. The lowest BCUT2D eigenvalue weighted by atomic mass is 9.70. The van der Waals surface area contributed by atoms with Gasteiger partial charge in [-0.3, -0.25) is 0 Å². The van der Waals surface area contributed by atoms with Crippen LogP contribution in [0.4, 0.5) is 0 Å². The molecule has 0 aliphatic rings. The third-order valence-electron chi connectivity index (χ3n) is 4.66. The van der Waals surface area contributed by atoms with Gasteiger partial charge in [-0.2, -0.15) is 0 Å². The Morgan fingerprint density at radius 2 is 1.08 bits per heavy atom. The lowest BCUT2D eigenvalue weighted by Gasteiger charge is -2.39. The number of rotatable bonds is 5. The SMILES string of the molecule is Br.CCC(c1ccccc1)C(N)(c1ccccc1)c1ccccc1. The van der Waals surface area contributed by atoms with Crippen molar-refractivity contribution in [3.8, 4) is 0 Å². The van der Waals surface area contributed by atoms with Crippen LogP contribution in [0, 0.1) is 0 Å². The molecule has 0 amide bonds. The second kappa shape index (κ2) is 8.27. The molecule has 0 heterocycles. The van der Waals surface area contributed by atoms with Crippen LogP contribution in [0.2, 0.25) is 0 Å². The zero-order valence-corrected chi connectivity index (χ0v) is 15.6. The van der Waals surface area contributed by atoms with E-state index in [0.717, 1.165) is 17.5 Å². The van der Waals surface area contributed by atoms with Crippen molar-refractivity contribution >= 4 is 17.0 Å². The van der Waals surface area contributed by atoms with E-state index in [4.69, 9.17) is 5.73 Å². The second-order valence-corrected chi connectivity index (χ2v) is 5.97. The molecule has 1 unspecified atom stereocenters. The maximum atomic E-state index is 7.13. The molecular formula is C22H24BrN. The summed E-state index contributed by atoms with van der Waals surface area (Å²) >= 11 is 0. The normalized spacial score (nSPS) is 12.2. The van der Waals surface area contributed by atoms with Crippen LogP contribution in [0.5, 0.6) is 0 Å². The zero-order chi connectivity index (χ0) is 16.1. The van der Waals surface area contributed by atoms with Gasteiger partial charge in [0.15, 0.2) is 0 Å². The molecule has 0 bridgehead atoms. The van der Waals surface area contributed by atoms with Crippen molar-refractivity contribution in [3.63, 3.8) is 0 Å². The standard InChI is InChI=1S/C22H23N.BrH/c1-2-21(18-12-6-3-7-13-18)22(23,19-14-8-4-9-15-19)20-16-10-5-11-17-20;/h3-17,21H,2,23H2,1H3;1H. The average molecular weight is 382 g/mol. The summed E-state index contributed by atoms with van der Waals surface area (Å²) in [5.74, 6) is 0.216. The van der Waals surface area contributed by atoms with E-state index in [1.54, 1.807) is 0 Å². The average Bonchev–Trinajstić information content (AvgIpc) is 2.64. The Morgan fingerprint density at radius 3 is 1.46 bits per heavy atom. The maximum absolute atomic E-state index is 7.13. The van der Waals surface area contributed by atoms with Gasteiger partial charge in [-0.1, -0.05) is 97.9 Å². The van der Waals surface area contributed by atoms with Crippen LogP contribution >= 0.6 is 17.0 Å². The molecule has 0 fully saturated rings. The molecule has 3 aromatic carbocycles. The fourth-order valence-electron chi connectivity index (χ4n) is 3.50. The molecule has 24 heavy (non-hydrogen) atoms. The van der Waals surface area contributed by atoms with E-state index in [1.807, 2.05) is 12.1 Å². The Kier molecular flexibility index (Phi) is 6.36. The monoisotopic (exact) mass is 381 g/mol. The highest BCUT2D eigenvalue weighted by Gasteiger charge is 2.38. The van der Waals surface area contributed by atoms with E-state index in [0.29, 0.717) is 0 Å². The highest BCUT2D eigenvalue weighted by Crippen LogP contribution is 2.42. The van der Waals surface area contributed by atoms with Crippen molar-refractivity contribution in [1.82, 2.24) is 0 Å². The van der Waals surface area contributed by atoms with Gasteiger partial charge in [-0.15, -0.1) is 17.0 Å². The molecule has 3 aromatic rings. The Bertz CT molecular complexity index is 686.